The van der Waals surface area contributed by atoms with Crippen molar-refractivity contribution in [3.05, 3.63) is 59.7 Å². The summed E-state index contributed by atoms with van der Waals surface area (Å²) in [6, 6.07) is 10.8. The number of sulfonamides is 1. The summed E-state index contributed by atoms with van der Waals surface area (Å²) in [5, 5.41) is 3.91. The molecule has 0 aliphatic rings. The van der Waals surface area contributed by atoms with Gasteiger partial charge in [-0.25, -0.2) is 12.8 Å². The van der Waals surface area contributed by atoms with E-state index in [-0.39, 0.29) is 23.1 Å². The third-order valence-electron chi connectivity index (χ3n) is 4.03. The summed E-state index contributed by atoms with van der Waals surface area (Å²) in [5.41, 5.74) is 1.76. The van der Waals surface area contributed by atoms with Gasteiger partial charge in [0.15, 0.2) is 0 Å². The van der Waals surface area contributed by atoms with E-state index < -0.39 is 15.8 Å². The zero-order valence-corrected chi connectivity index (χ0v) is 15.8. The molecule has 0 amide bonds. The Kier molecular flexibility index (Phi) is 5.24. The maximum atomic E-state index is 13.6. The second kappa shape index (κ2) is 7.45. The number of rotatable bonds is 6. The van der Waals surface area contributed by atoms with Gasteiger partial charge in [0, 0.05) is 12.6 Å². The fraction of sp³-hybridized carbons (Fsp3) is 0.222. The van der Waals surface area contributed by atoms with E-state index in [1.54, 1.807) is 0 Å². The molecular weight excluding hydrogens is 373 g/mol. The van der Waals surface area contributed by atoms with E-state index in [2.05, 4.69) is 10.1 Å². The smallest absolute Gasteiger partial charge is 0.247 e. The molecule has 0 saturated heterocycles. The van der Waals surface area contributed by atoms with Crippen LogP contribution in [0.1, 0.15) is 11.5 Å². The molecule has 3 aromatic rings. The van der Waals surface area contributed by atoms with E-state index in [0.29, 0.717) is 5.82 Å². The third kappa shape index (κ3) is 3.83. The molecule has 3 rings (SSSR count). The third-order valence-corrected chi connectivity index (χ3v) is 5.85. The normalized spacial score (nSPS) is 11.7. The average molecular weight is 391 g/mol. The second-order valence-electron chi connectivity index (χ2n) is 5.88. The van der Waals surface area contributed by atoms with Crippen LogP contribution in [0.3, 0.4) is 0 Å². The quantitative estimate of drug-likeness (QED) is 0.642. The minimum absolute atomic E-state index is 0.0504. The van der Waals surface area contributed by atoms with Gasteiger partial charge in [0.05, 0.1) is 13.7 Å². The van der Waals surface area contributed by atoms with Gasteiger partial charge >= 0.3 is 0 Å². The summed E-state index contributed by atoms with van der Waals surface area (Å²) >= 11 is 0. The summed E-state index contributed by atoms with van der Waals surface area (Å²) in [4.78, 5) is 3.99. The van der Waals surface area contributed by atoms with Gasteiger partial charge in [0.25, 0.3) is 0 Å². The predicted octanol–water partition coefficient (Wildman–Crippen LogP) is 3.01. The summed E-state index contributed by atoms with van der Waals surface area (Å²) in [7, 11) is -1.36. The Labute approximate surface area is 156 Å². The first kappa shape index (κ1) is 19.0. The minimum Gasteiger partial charge on any atom is -0.495 e. The van der Waals surface area contributed by atoms with Crippen molar-refractivity contribution >= 4 is 10.0 Å². The first-order chi connectivity index (χ1) is 12.8. The molecule has 27 heavy (non-hydrogen) atoms. The largest absolute Gasteiger partial charge is 0.495 e. The molecule has 0 radical (unpaired) electrons. The zero-order valence-electron chi connectivity index (χ0n) is 15.0. The Morgan fingerprint density at radius 2 is 1.96 bits per heavy atom. The number of hydrogen-bond donors (Lipinski definition) is 0. The summed E-state index contributed by atoms with van der Waals surface area (Å²) in [6.07, 6.45) is 0. The fourth-order valence-corrected chi connectivity index (χ4v) is 3.83. The van der Waals surface area contributed by atoms with Gasteiger partial charge in [-0.1, -0.05) is 29.4 Å². The monoisotopic (exact) mass is 391 g/mol. The van der Waals surface area contributed by atoms with Crippen molar-refractivity contribution < 1.29 is 22.1 Å². The van der Waals surface area contributed by atoms with Crippen molar-refractivity contribution in [2.24, 2.45) is 0 Å². The van der Waals surface area contributed by atoms with Crippen LogP contribution in [0.15, 0.2) is 51.9 Å². The molecule has 0 unspecified atom stereocenters. The van der Waals surface area contributed by atoms with Crippen molar-refractivity contribution in [3.8, 4) is 17.1 Å². The zero-order chi connectivity index (χ0) is 19.6. The van der Waals surface area contributed by atoms with Crippen LogP contribution >= 0.6 is 0 Å². The van der Waals surface area contributed by atoms with Gasteiger partial charge in [-0.3, -0.25) is 0 Å². The SMILES string of the molecule is COc1ccc(F)cc1S(=O)(=O)N(C)Cc1nc(-c2ccccc2C)no1. The number of hydrogen-bond acceptors (Lipinski definition) is 6. The van der Waals surface area contributed by atoms with Crippen molar-refractivity contribution in [1.29, 1.82) is 0 Å². The molecule has 1 aromatic heterocycles. The molecule has 1 heterocycles. The van der Waals surface area contributed by atoms with Gasteiger partial charge in [-0.15, -0.1) is 0 Å². The molecule has 0 saturated carbocycles. The molecule has 9 heteroatoms. The Morgan fingerprint density at radius 3 is 2.67 bits per heavy atom. The lowest BCUT2D eigenvalue weighted by Gasteiger charge is -2.17. The van der Waals surface area contributed by atoms with Crippen LogP contribution in [0, 0.1) is 12.7 Å². The topological polar surface area (TPSA) is 85.5 Å². The molecule has 142 valence electrons. The Bertz CT molecular complexity index is 1070. The summed E-state index contributed by atoms with van der Waals surface area (Å²) in [5.74, 6) is -0.135. The van der Waals surface area contributed by atoms with Crippen molar-refractivity contribution in [2.45, 2.75) is 18.4 Å². The van der Waals surface area contributed by atoms with E-state index in [9.17, 15) is 12.8 Å². The maximum Gasteiger partial charge on any atom is 0.247 e. The summed E-state index contributed by atoms with van der Waals surface area (Å²) < 4.78 is 50.4. The van der Waals surface area contributed by atoms with E-state index in [4.69, 9.17) is 9.26 Å². The highest BCUT2D eigenvalue weighted by molar-refractivity contribution is 7.89. The minimum atomic E-state index is -4.03. The number of ether oxygens (including phenoxy) is 1. The van der Waals surface area contributed by atoms with Crippen molar-refractivity contribution in [2.75, 3.05) is 14.2 Å². The number of methoxy groups -OCH3 is 1. The van der Waals surface area contributed by atoms with Crippen molar-refractivity contribution in [3.63, 3.8) is 0 Å². The van der Waals surface area contributed by atoms with E-state index in [0.717, 1.165) is 27.6 Å². The second-order valence-corrected chi connectivity index (χ2v) is 7.90. The molecular formula is C18H18FN3O4S. The lowest BCUT2D eigenvalue weighted by atomic mass is 10.1. The van der Waals surface area contributed by atoms with Crippen LogP contribution in [-0.4, -0.2) is 37.0 Å². The van der Waals surface area contributed by atoms with E-state index in [1.807, 2.05) is 31.2 Å². The Balaban J connectivity index is 1.87. The first-order valence-corrected chi connectivity index (χ1v) is 9.45. The van der Waals surface area contributed by atoms with Crippen LogP contribution < -0.4 is 4.74 Å². The highest BCUT2D eigenvalue weighted by atomic mass is 32.2. The molecule has 0 aliphatic heterocycles. The molecule has 0 N–H and O–H groups in total. The molecule has 0 spiro atoms. The van der Waals surface area contributed by atoms with Crippen LogP contribution in [0.2, 0.25) is 0 Å². The first-order valence-electron chi connectivity index (χ1n) is 8.01. The lowest BCUT2D eigenvalue weighted by Crippen LogP contribution is -2.27. The predicted molar refractivity (Wildman–Crippen MR) is 96.1 cm³/mol. The highest BCUT2D eigenvalue weighted by Crippen LogP contribution is 2.28. The Morgan fingerprint density at radius 1 is 1.22 bits per heavy atom. The summed E-state index contributed by atoms with van der Waals surface area (Å²) in [6.45, 7) is 1.75. The van der Waals surface area contributed by atoms with Gasteiger partial charge in [-0.2, -0.15) is 9.29 Å². The van der Waals surface area contributed by atoms with E-state index in [1.165, 1.54) is 20.2 Å². The van der Waals surface area contributed by atoms with Gasteiger partial charge in [0.1, 0.15) is 16.5 Å². The van der Waals surface area contributed by atoms with Crippen molar-refractivity contribution in [1.82, 2.24) is 14.4 Å². The highest BCUT2D eigenvalue weighted by Gasteiger charge is 2.27. The van der Waals surface area contributed by atoms with Crippen LogP contribution in [-0.2, 0) is 16.6 Å². The molecule has 0 fully saturated rings. The van der Waals surface area contributed by atoms with Crippen LogP contribution in [0.25, 0.3) is 11.4 Å². The lowest BCUT2D eigenvalue weighted by molar-refractivity contribution is 0.335. The number of aryl methyl sites for hydroxylation is 1. The molecule has 0 bridgehead atoms. The van der Waals surface area contributed by atoms with Gasteiger partial charge in [-0.05, 0) is 30.7 Å². The van der Waals surface area contributed by atoms with Gasteiger partial charge in [0.2, 0.25) is 21.7 Å². The van der Waals surface area contributed by atoms with E-state index >= 15 is 0 Å². The number of benzene rings is 2. The standard InChI is InChI=1S/C18H18FN3O4S/c1-12-6-4-5-7-14(12)18-20-17(26-21-18)11-22(2)27(23,24)16-10-13(19)8-9-15(16)25-3/h4-10H,11H2,1-3H3. The fourth-order valence-electron chi connectivity index (χ4n) is 2.55. The number of aromatic nitrogens is 2. The molecule has 0 atom stereocenters. The average Bonchev–Trinajstić information content (AvgIpc) is 3.10. The molecule has 7 nitrogen and oxygen atoms in total. The van der Waals surface area contributed by atoms with Crippen LogP contribution in [0.5, 0.6) is 5.75 Å². The molecule has 2 aromatic carbocycles. The number of halogens is 1. The Hall–Kier alpha value is -2.78. The van der Waals surface area contributed by atoms with Crippen LogP contribution in [0.4, 0.5) is 4.39 Å². The molecule has 0 aliphatic carbocycles. The number of nitrogens with zero attached hydrogens (tertiary/aromatic N) is 3. The van der Waals surface area contributed by atoms with Gasteiger partial charge < -0.3 is 9.26 Å². The maximum absolute atomic E-state index is 13.6.